The topological polar surface area (TPSA) is 116 Å². The number of hydrogen-bond acceptors (Lipinski definition) is 9. The number of ether oxygens (including phenoxy) is 1. The second kappa shape index (κ2) is 14.6. The molecule has 0 radical (unpaired) electrons. The fourth-order valence-electron chi connectivity index (χ4n) is 5.72. The lowest BCUT2D eigenvalue weighted by molar-refractivity contribution is -0.00438. The third-order valence-corrected chi connectivity index (χ3v) is 7.06. The average Bonchev–Trinajstić information content (AvgIpc) is 2.86. The molecule has 9 nitrogen and oxygen atoms in total. The summed E-state index contributed by atoms with van der Waals surface area (Å²) in [5.41, 5.74) is 1.34. The minimum Gasteiger partial charge on any atom is -0.396 e. The number of methoxy groups -OCH3 is 1. The number of unbranched alkanes of at least 4 members (excludes halogenated alkanes) is 3. The minimum absolute atomic E-state index is 0.0861. The number of anilines is 3. The second-order valence-corrected chi connectivity index (χ2v) is 11.8. The summed E-state index contributed by atoms with van der Waals surface area (Å²) in [7, 11) is 1.82. The fourth-order valence-corrected chi connectivity index (χ4v) is 5.72. The summed E-state index contributed by atoms with van der Waals surface area (Å²) in [5.74, 6) is 2.14. The van der Waals surface area contributed by atoms with Crippen LogP contribution in [0.3, 0.4) is 0 Å². The van der Waals surface area contributed by atoms with Crippen LogP contribution in [-0.4, -0.2) is 64.0 Å². The number of aliphatic hydroxyl groups excluding tert-OH is 1. The smallest absolute Gasteiger partial charge is 0.229 e. The lowest BCUT2D eigenvalue weighted by Crippen LogP contribution is -2.59. The van der Waals surface area contributed by atoms with Crippen molar-refractivity contribution in [2.24, 2.45) is 5.92 Å². The van der Waals surface area contributed by atoms with E-state index in [-0.39, 0.29) is 23.8 Å². The predicted molar refractivity (Wildman–Crippen MR) is 156 cm³/mol. The monoisotopic (exact) mass is 527 g/mol. The van der Waals surface area contributed by atoms with Crippen molar-refractivity contribution in [3.8, 4) is 0 Å². The van der Waals surface area contributed by atoms with Crippen molar-refractivity contribution in [2.45, 2.75) is 96.4 Å². The van der Waals surface area contributed by atoms with Gasteiger partial charge in [-0.1, -0.05) is 43.2 Å². The lowest BCUT2D eigenvalue weighted by atomic mass is 9.73. The van der Waals surface area contributed by atoms with Gasteiger partial charge in [-0.25, -0.2) is 0 Å². The van der Waals surface area contributed by atoms with Gasteiger partial charge in [-0.2, -0.15) is 15.0 Å². The molecule has 5 N–H and O–H groups in total. The highest BCUT2D eigenvalue weighted by Gasteiger charge is 2.40. The number of rotatable bonds is 16. The van der Waals surface area contributed by atoms with E-state index in [4.69, 9.17) is 9.84 Å². The van der Waals surface area contributed by atoms with E-state index in [2.05, 4.69) is 76.0 Å². The Hall–Kier alpha value is -2.49. The van der Waals surface area contributed by atoms with Gasteiger partial charge in [0.05, 0.1) is 6.10 Å². The van der Waals surface area contributed by atoms with Gasteiger partial charge < -0.3 is 31.1 Å². The van der Waals surface area contributed by atoms with Crippen LogP contribution in [0.25, 0.3) is 0 Å². The Morgan fingerprint density at radius 3 is 2.05 bits per heavy atom. The van der Waals surface area contributed by atoms with E-state index in [1.165, 1.54) is 0 Å². The zero-order valence-electron chi connectivity index (χ0n) is 24.0. The maximum Gasteiger partial charge on any atom is 0.229 e. The molecule has 2 heterocycles. The summed E-state index contributed by atoms with van der Waals surface area (Å²) in [6.07, 6.45) is 7.14. The van der Waals surface area contributed by atoms with Crippen LogP contribution in [0.15, 0.2) is 30.3 Å². The van der Waals surface area contributed by atoms with Gasteiger partial charge in [0.25, 0.3) is 0 Å². The first kappa shape index (κ1) is 30.1. The highest BCUT2D eigenvalue weighted by atomic mass is 16.5. The summed E-state index contributed by atoms with van der Waals surface area (Å²) in [6, 6.07) is 10.2. The average molecular weight is 528 g/mol. The van der Waals surface area contributed by atoms with Crippen molar-refractivity contribution in [3.05, 3.63) is 35.9 Å². The van der Waals surface area contributed by atoms with Gasteiger partial charge in [-0.3, -0.25) is 0 Å². The molecule has 2 aromatic rings. The van der Waals surface area contributed by atoms with Crippen LogP contribution in [0.2, 0.25) is 0 Å². The molecule has 0 spiro atoms. The van der Waals surface area contributed by atoms with Gasteiger partial charge >= 0.3 is 0 Å². The van der Waals surface area contributed by atoms with Gasteiger partial charge in [0.1, 0.15) is 0 Å². The zero-order chi connectivity index (χ0) is 27.4. The Morgan fingerprint density at radius 2 is 1.45 bits per heavy atom. The molecular weight excluding hydrogens is 478 g/mol. The Balaban J connectivity index is 1.61. The van der Waals surface area contributed by atoms with Gasteiger partial charge in [-0.15, -0.1) is 0 Å². The van der Waals surface area contributed by atoms with Crippen LogP contribution >= 0.6 is 0 Å². The minimum atomic E-state index is 0.0861. The van der Waals surface area contributed by atoms with E-state index in [0.29, 0.717) is 36.9 Å². The molecule has 3 rings (SSSR count). The molecule has 1 aromatic heterocycles. The van der Waals surface area contributed by atoms with Crippen LogP contribution in [0.4, 0.5) is 17.8 Å². The molecule has 1 atom stereocenters. The predicted octanol–water partition coefficient (Wildman–Crippen LogP) is 4.82. The molecule has 1 saturated heterocycles. The highest BCUT2D eigenvalue weighted by molar-refractivity contribution is 5.42. The Kier molecular flexibility index (Phi) is 11.6. The molecule has 0 aliphatic carbocycles. The van der Waals surface area contributed by atoms with Crippen molar-refractivity contribution in [2.75, 3.05) is 42.8 Å². The molecule has 38 heavy (non-hydrogen) atoms. The van der Waals surface area contributed by atoms with Gasteiger partial charge in [0.2, 0.25) is 17.8 Å². The van der Waals surface area contributed by atoms with E-state index >= 15 is 0 Å². The molecule has 212 valence electrons. The lowest BCUT2D eigenvalue weighted by Gasteiger charge is -2.48. The van der Waals surface area contributed by atoms with Crippen LogP contribution < -0.4 is 21.3 Å². The molecule has 1 aromatic carbocycles. The van der Waals surface area contributed by atoms with E-state index < -0.39 is 0 Å². The summed E-state index contributed by atoms with van der Waals surface area (Å²) >= 11 is 0. The first-order valence-electron chi connectivity index (χ1n) is 14.1. The number of piperidine rings is 1. The van der Waals surface area contributed by atoms with Crippen molar-refractivity contribution >= 4 is 17.8 Å². The first-order valence-corrected chi connectivity index (χ1v) is 14.1. The van der Waals surface area contributed by atoms with Crippen molar-refractivity contribution < 1.29 is 9.84 Å². The molecule has 1 aliphatic heterocycles. The van der Waals surface area contributed by atoms with E-state index in [1.807, 2.05) is 25.3 Å². The molecule has 0 saturated carbocycles. The molecule has 1 fully saturated rings. The largest absolute Gasteiger partial charge is 0.396 e. The van der Waals surface area contributed by atoms with E-state index in [9.17, 15) is 0 Å². The number of benzene rings is 1. The number of aromatic nitrogens is 3. The summed E-state index contributed by atoms with van der Waals surface area (Å²) < 4.78 is 5.98. The van der Waals surface area contributed by atoms with Crippen molar-refractivity contribution in [3.63, 3.8) is 0 Å². The third kappa shape index (κ3) is 10.3. The summed E-state index contributed by atoms with van der Waals surface area (Å²) in [6.45, 7) is 11.5. The maximum absolute atomic E-state index is 8.97. The third-order valence-electron chi connectivity index (χ3n) is 7.06. The number of nitrogens with one attached hydrogen (secondary N) is 4. The molecule has 0 amide bonds. The van der Waals surface area contributed by atoms with E-state index in [1.54, 1.807) is 0 Å². The number of nitrogens with zero attached hydrogens (tertiary/aromatic N) is 3. The molecule has 9 heteroatoms. The van der Waals surface area contributed by atoms with Crippen LogP contribution in [0, 0.1) is 5.92 Å². The summed E-state index contributed by atoms with van der Waals surface area (Å²) in [5, 5.41) is 22.8. The van der Waals surface area contributed by atoms with Crippen LogP contribution in [0.5, 0.6) is 0 Å². The fraction of sp³-hybridized carbons (Fsp3) is 0.690. The Bertz CT molecular complexity index is 939. The van der Waals surface area contributed by atoms with Crippen LogP contribution in [0.1, 0.15) is 78.2 Å². The maximum atomic E-state index is 8.97. The second-order valence-electron chi connectivity index (χ2n) is 11.8. The van der Waals surface area contributed by atoms with Gasteiger partial charge in [-0.05, 0) is 71.3 Å². The molecule has 0 bridgehead atoms. The van der Waals surface area contributed by atoms with Crippen molar-refractivity contribution in [1.29, 1.82) is 0 Å². The Morgan fingerprint density at radius 1 is 0.868 bits per heavy atom. The normalized spacial score (nSPS) is 17.6. The van der Waals surface area contributed by atoms with Gasteiger partial charge in [0, 0.05) is 44.4 Å². The summed E-state index contributed by atoms with van der Waals surface area (Å²) in [4.78, 5) is 13.9. The quantitative estimate of drug-likeness (QED) is 0.196. The van der Waals surface area contributed by atoms with Gasteiger partial charge in [0.15, 0.2) is 0 Å². The molecular formula is C29H49N7O2. The molecule has 1 unspecified atom stereocenters. The highest BCUT2D eigenvalue weighted by Crippen LogP contribution is 2.36. The Labute approximate surface area is 229 Å². The first-order chi connectivity index (χ1) is 18.2. The molecule has 1 aliphatic rings. The SMILES string of the molecule is COC(CCNc1nc(NCCCCCCO)nc(NCc2ccccc2)n1)C1CC(C)(C)NC(C)(C)C1. The van der Waals surface area contributed by atoms with Crippen LogP contribution in [-0.2, 0) is 11.3 Å². The standard InChI is InChI=1S/C29H49N7O2/c1-28(2)19-23(20-29(3,4)36-28)24(38-5)15-17-31-26-33-25(30-16-11-6-7-12-18-37)34-27(35-26)32-21-22-13-9-8-10-14-22/h8-10,13-14,23-24,36-37H,6-7,11-12,15-21H2,1-5H3,(H3,30,31,32,33,34,35). The number of aliphatic hydroxyl groups is 1. The van der Waals surface area contributed by atoms with Crippen molar-refractivity contribution in [1.82, 2.24) is 20.3 Å². The number of hydrogen-bond donors (Lipinski definition) is 5. The van der Waals surface area contributed by atoms with E-state index in [0.717, 1.165) is 57.1 Å². The zero-order valence-corrected chi connectivity index (χ0v) is 24.0.